The van der Waals surface area contributed by atoms with Gasteiger partial charge < -0.3 is 0 Å². The number of Topliss-reactive ketones (excluding diaryl/α,β-unsaturated/α-hetero) is 1. The predicted octanol–water partition coefficient (Wildman–Crippen LogP) is 1.44. The van der Waals surface area contributed by atoms with E-state index in [0.29, 0.717) is 5.56 Å². The van der Waals surface area contributed by atoms with Gasteiger partial charge in [0.05, 0.1) is 5.75 Å². The van der Waals surface area contributed by atoms with Crippen LogP contribution in [0, 0.1) is 5.82 Å². The van der Waals surface area contributed by atoms with E-state index in [2.05, 4.69) is 0 Å². The molecule has 0 radical (unpaired) electrons. The van der Waals surface area contributed by atoms with Gasteiger partial charge in [0.25, 0.3) is 0 Å². The predicted molar refractivity (Wildman–Crippen MR) is 55.1 cm³/mol. The van der Waals surface area contributed by atoms with Crippen LogP contribution in [0.4, 0.5) is 4.39 Å². The largest absolute Gasteiger partial charge is 0.294 e. The highest BCUT2D eigenvalue weighted by Crippen LogP contribution is 2.06. The van der Waals surface area contributed by atoms with Gasteiger partial charge in [-0.25, -0.2) is 12.8 Å². The Balaban J connectivity index is 2.66. The molecule has 0 spiro atoms. The van der Waals surface area contributed by atoms with Crippen molar-refractivity contribution in [2.75, 3.05) is 12.0 Å². The maximum absolute atomic E-state index is 12.5. The molecular formula is C10H11FO3S. The molecule has 0 aliphatic rings. The normalized spacial score (nSPS) is 11.3. The quantitative estimate of drug-likeness (QED) is 0.735. The molecule has 0 aliphatic heterocycles. The van der Waals surface area contributed by atoms with Crippen LogP contribution in [0.1, 0.15) is 16.8 Å². The summed E-state index contributed by atoms with van der Waals surface area (Å²) in [5.74, 6) is -0.890. The molecule has 82 valence electrons. The number of hydrogen-bond acceptors (Lipinski definition) is 3. The second kappa shape index (κ2) is 4.53. The molecule has 0 saturated heterocycles. The lowest BCUT2D eigenvalue weighted by Crippen LogP contribution is -2.09. The highest BCUT2D eigenvalue weighted by molar-refractivity contribution is 7.90. The molecule has 1 rings (SSSR count). The van der Waals surface area contributed by atoms with Crippen LogP contribution < -0.4 is 0 Å². The van der Waals surface area contributed by atoms with Crippen LogP contribution in [0.15, 0.2) is 24.3 Å². The van der Waals surface area contributed by atoms with Gasteiger partial charge in [0.1, 0.15) is 15.7 Å². The monoisotopic (exact) mass is 230 g/mol. The van der Waals surface area contributed by atoms with Crippen LogP contribution in [-0.2, 0) is 9.84 Å². The molecule has 5 heteroatoms. The fourth-order valence-corrected chi connectivity index (χ4v) is 1.61. The molecule has 15 heavy (non-hydrogen) atoms. The minimum atomic E-state index is -3.13. The summed E-state index contributed by atoms with van der Waals surface area (Å²) in [6, 6.07) is 5.04. The van der Waals surface area contributed by atoms with Gasteiger partial charge in [-0.2, -0.15) is 0 Å². The van der Waals surface area contributed by atoms with Gasteiger partial charge in [0, 0.05) is 18.2 Å². The van der Waals surface area contributed by atoms with Crippen molar-refractivity contribution in [2.45, 2.75) is 6.42 Å². The van der Waals surface area contributed by atoms with E-state index in [1.54, 1.807) is 0 Å². The first-order valence-electron chi connectivity index (χ1n) is 4.35. The van der Waals surface area contributed by atoms with Crippen LogP contribution >= 0.6 is 0 Å². The number of halogens is 1. The summed E-state index contributed by atoms with van der Waals surface area (Å²) in [7, 11) is -3.13. The van der Waals surface area contributed by atoms with E-state index in [1.165, 1.54) is 24.3 Å². The van der Waals surface area contributed by atoms with Crippen LogP contribution in [0.25, 0.3) is 0 Å². The lowest BCUT2D eigenvalue weighted by molar-refractivity contribution is 0.0989. The molecule has 0 unspecified atom stereocenters. The second-order valence-corrected chi connectivity index (χ2v) is 5.57. The number of rotatable bonds is 4. The lowest BCUT2D eigenvalue weighted by Gasteiger charge is -1.99. The number of carbonyl (C=O) groups excluding carboxylic acids is 1. The Labute approximate surface area is 87.8 Å². The van der Waals surface area contributed by atoms with E-state index in [-0.39, 0.29) is 18.0 Å². The first-order valence-corrected chi connectivity index (χ1v) is 6.41. The van der Waals surface area contributed by atoms with E-state index in [4.69, 9.17) is 0 Å². The Morgan fingerprint density at radius 1 is 1.27 bits per heavy atom. The third-order valence-electron chi connectivity index (χ3n) is 1.87. The lowest BCUT2D eigenvalue weighted by atomic mass is 10.1. The van der Waals surface area contributed by atoms with Crippen molar-refractivity contribution in [3.63, 3.8) is 0 Å². The third kappa shape index (κ3) is 4.20. The fraction of sp³-hybridized carbons (Fsp3) is 0.300. The van der Waals surface area contributed by atoms with E-state index < -0.39 is 15.7 Å². The Morgan fingerprint density at radius 3 is 2.27 bits per heavy atom. The topological polar surface area (TPSA) is 51.2 Å². The van der Waals surface area contributed by atoms with Crippen molar-refractivity contribution in [3.05, 3.63) is 35.6 Å². The SMILES string of the molecule is CS(=O)(=O)CCC(=O)c1ccc(F)cc1. The molecule has 0 fully saturated rings. The average molecular weight is 230 g/mol. The molecule has 1 aromatic rings. The Morgan fingerprint density at radius 2 is 1.80 bits per heavy atom. The number of hydrogen-bond donors (Lipinski definition) is 0. The summed E-state index contributed by atoms with van der Waals surface area (Å²) >= 11 is 0. The summed E-state index contributed by atoms with van der Waals surface area (Å²) in [6.45, 7) is 0. The molecule has 0 aromatic heterocycles. The number of carbonyl (C=O) groups is 1. The standard InChI is InChI=1S/C10H11FO3S/c1-15(13,14)7-6-10(12)8-2-4-9(11)5-3-8/h2-5H,6-7H2,1H3. The van der Waals surface area contributed by atoms with Crippen LogP contribution in [0.5, 0.6) is 0 Å². The molecule has 0 aliphatic carbocycles. The zero-order valence-corrected chi connectivity index (χ0v) is 9.05. The van der Waals surface area contributed by atoms with Crippen LogP contribution in [-0.4, -0.2) is 26.2 Å². The van der Waals surface area contributed by atoms with E-state index in [1.807, 2.05) is 0 Å². The first kappa shape index (κ1) is 11.8. The molecule has 1 aromatic carbocycles. The minimum absolute atomic E-state index is 0.0650. The first-order chi connectivity index (χ1) is 6.88. The molecule has 0 saturated carbocycles. The number of sulfone groups is 1. The van der Waals surface area contributed by atoms with Gasteiger partial charge >= 0.3 is 0 Å². The summed E-state index contributed by atoms with van der Waals surface area (Å²) in [6.07, 6.45) is 1.01. The van der Waals surface area contributed by atoms with Gasteiger partial charge in [-0.15, -0.1) is 0 Å². The highest BCUT2D eigenvalue weighted by atomic mass is 32.2. The zero-order chi connectivity index (χ0) is 11.5. The van der Waals surface area contributed by atoms with E-state index >= 15 is 0 Å². The zero-order valence-electron chi connectivity index (χ0n) is 8.23. The van der Waals surface area contributed by atoms with Gasteiger partial charge in [-0.3, -0.25) is 4.79 Å². The van der Waals surface area contributed by atoms with Crippen molar-refractivity contribution < 1.29 is 17.6 Å². The van der Waals surface area contributed by atoms with Gasteiger partial charge in [0.15, 0.2) is 5.78 Å². The summed E-state index contributed by atoms with van der Waals surface area (Å²) < 4.78 is 34.1. The molecule has 0 amide bonds. The molecular weight excluding hydrogens is 219 g/mol. The molecule has 0 heterocycles. The maximum atomic E-state index is 12.5. The van der Waals surface area contributed by atoms with Crippen molar-refractivity contribution in [2.24, 2.45) is 0 Å². The number of ketones is 1. The van der Waals surface area contributed by atoms with Gasteiger partial charge in [-0.05, 0) is 24.3 Å². The van der Waals surface area contributed by atoms with Crippen LogP contribution in [0.3, 0.4) is 0 Å². The maximum Gasteiger partial charge on any atom is 0.163 e. The fourth-order valence-electron chi connectivity index (χ4n) is 1.06. The second-order valence-electron chi connectivity index (χ2n) is 3.31. The summed E-state index contributed by atoms with van der Waals surface area (Å²) in [4.78, 5) is 11.4. The molecule has 0 bridgehead atoms. The highest BCUT2D eigenvalue weighted by Gasteiger charge is 2.09. The van der Waals surface area contributed by atoms with Gasteiger partial charge in [-0.1, -0.05) is 0 Å². The van der Waals surface area contributed by atoms with Crippen LogP contribution in [0.2, 0.25) is 0 Å². The van der Waals surface area contributed by atoms with E-state index in [9.17, 15) is 17.6 Å². The molecule has 3 nitrogen and oxygen atoms in total. The van der Waals surface area contributed by atoms with Crippen molar-refractivity contribution in [1.29, 1.82) is 0 Å². The average Bonchev–Trinajstić information content (AvgIpc) is 2.14. The Bertz CT molecular complexity index is 448. The van der Waals surface area contributed by atoms with Crippen molar-refractivity contribution in [1.82, 2.24) is 0 Å². The van der Waals surface area contributed by atoms with E-state index in [0.717, 1.165) is 6.26 Å². The van der Waals surface area contributed by atoms with Gasteiger partial charge in [0.2, 0.25) is 0 Å². The summed E-state index contributed by atoms with van der Waals surface area (Å²) in [5, 5.41) is 0. The molecule has 0 atom stereocenters. The Kier molecular flexibility index (Phi) is 3.57. The smallest absolute Gasteiger partial charge is 0.163 e. The van der Waals surface area contributed by atoms with Crippen molar-refractivity contribution >= 4 is 15.6 Å². The minimum Gasteiger partial charge on any atom is -0.294 e. The summed E-state index contributed by atoms with van der Waals surface area (Å²) in [5.41, 5.74) is 0.333. The molecule has 0 N–H and O–H groups in total. The third-order valence-corrected chi connectivity index (χ3v) is 2.81. The Hall–Kier alpha value is -1.23. The number of benzene rings is 1. The van der Waals surface area contributed by atoms with Crippen molar-refractivity contribution in [3.8, 4) is 0 Å².